The second-order valence-corrected chi connectivity index (χ2v) is 2.52. The maximum atomic E-state index is 12.1. The zero-order valence-corrected chi connectivity index (χ0v) is 6.89. The van der Waals surface area contributed by atoms with Crippen molar-refractivity contribution in [2.45, 2.75) is 6.43 Å². The Kier molecular flexibility index (Phi) is 2.63. The molecule has 0 fully saturated rings. The lowest BCUT2D eigenvalue weighted by atomic mass is 10.2. The molecule has 0 amide bonds. The molecule has 0 aromatic carbocycles. The number of nitriles is 1. The van der Waals surface area contributed by atoms with Crippen molar-refractivity contribution in [1.82, 2.24) is 4.98 Å². The zero-order chi connectivity index (χ0) is 10.0. The first-order chi connectivity index (χ1) is 6.07. The van der Waals surface area contributed by atoms with Crippen LogP contribution >= 0.6 is 11.6 Å². The smallest absolute Gasteiger partial charge is 0.266 e. The minimum atomic E-state index is -2.82. The van der Waals surface area contributed by atoms with E-state index in [1.807, 2.05) is 0 Å². The van der Waals surface area contributed by atoms with Crippen LogP contribution in [0.4, 0.5) is 8.78 Å². The topological polar surface area (TPSA) is 56.9 Å². The molecule has 1 N–H and O–H groups in total. The molecular formula is C7H3ClF2N2O. The molecule has 0 atom stereocenters. The van der Waals surface area contributed by atoms with Gasteiger partial charge in [0.2, 0.25) is 0 Å². The second-order valence-electron chi connectivity index (χ2n) is 2.14. The Balaban J connectivity index is 3.33. The summed E-state index contributed by atoms with van der Waals surface area (Å²) in [4.78, 5) is 3.30. The molecule has 1 rings (SSSR count). The number of hydrogen-bond acceptors (Lipinski definition) is 3. The summed E-state index contributed by atoms with van der Waals surface area (Å²) in [7, 11) is 0. The maximum Gasteiger partial charge on any atom is 0.266 e. The van der Waals surface area contributed by atoms with Crippen molar-refractivity contribution < 1.29 is 13.9 Å². The Bertz CT molecular complexity index is 375. The van der Waals surface area contributed by atoms with Gasteiger partial charge in [0.1, 0.15) is 6.07 Å². The van der Waals surface area contributed by atoms with Gasteiger partial charge in [-0.25, -0.2) is 13.8 Å². The lowest BCUT2D eigenvalue weighted by Gasteiger charge is -2.04. The van der Waals surface area contributed by atoms with E-state index in [1.165, 1.54) is 6.07 Å². The molecule has 0 saturated heterocycles. The lowest BCUT2D eigenvalue weighted by Crippen LogP contribution is -1.92. The number of aromatic hydroxyl groups is 1. The number of nitrogens with zero attached hydrogens (tertiary/aromatic N) is 2. The molecule has 0 aliphatic carbocycles. The molecule has 13 heavy (non-hydrogen) atoms. The minimum Gasteiger partial charge on any atom is -0.504 e. The summed E-state index contributed by atoms with van der Waals surface area (Å²) in [6.45, 7) is 0. The Morgan fingerprint density at radius 3 is 2.69 bits per heavy atom. The summed E-state index contributed by atoms with van der Waals surface area (Å²) in [6.07, 6.45) is -2.05. The summed E-state index contributed by atoms with van der Waals surface area (Å²) >= 11 is 5.35. The number of rotatable bonds is 1. The molecule has 6 heteroatoms. The van der Waals surface area contributed by atoms with Gasteiger partial charge < -0.3 is 5.11 Å². The van der Waals surface area contributed by atoms with Crippen molar-refractivity contribution in [3.05, 3.63) is 22.5 Å². The fourth-order valence-electron chi connectivity index (χ4n) is 0.727. The highest BCUT2D eigenvalue weighted by molar-refractivity contribution is 6.32. The summed E-state index contributed by atoms with van der Waals surface area (Å²) in [6, 6.07) is 1.51. The average Bonchev–Trinajstić information content (AvgIpc) is 2.09. The molecule has 1 heterocycles. The van der Waals surface area contributed by atoms with Gasteiger partial charge in [0.05, 0.1) is 10.6 Å². The van der Waals surface area contributed by atoms with Gasteiger partial charge in [-0.2, -0.15) is 5.26 Å². The molecule has 0 aliphatic rings. The molecular weight excluding hydrogens is 202 g/mol. The van der Waals surface area contributed by atoms with E-state index in [0.29, 0.717) is 0 Å². The molecule has 3 nitrogen and oxygen atoms in total. The van der Waals surface area contributed by atoms with Crippen molar-refractivity contribution >= 4 is 11.6 Å². The molecule has 0 spiro atoms. The molecule has 1 aromatic rings. The second kappa shape index (κ2) is 3.54. The van der Waals surface area contributed by atoms with Crippen molar-refractivity contribution in [3.63, 3.8) is 0 Å². The van der Waals surface area contributed by atoms with E-state index < -0.39 is 22.8 Å². The van der Waals surface area contributed by atoms with Crippen molar-refractivity contribution in [3.8, 4) is 11.8 Å². The van der Waals surface area contributed by atoms with E-state index in [0.717, 1.165) is 6.20 Å². The number of alkyl halides is 2. The first-order valence-corrected chi connectivity index (χ1v) is 3.51. The minimum absolute atomic E-state index is 0.366. The lowest BCUT2D eigenvalue weighted by molar-refractivity contribution is 0.150. The first kappa shape index (κ1) is 9.68. The summed E-state index contributed by atoms with van der Waals surface area (Å²) in [5.41, 5.74) is -0.951. The Labute approximate surface area is 77.2 Å². The van der Waals surface area contributed by atoms with Crippen LogP contribution < -0.4 is 0 Å². The maximum absolute atomic E-state index is 12.1. The summed E-state index contributed by atoms with van der Waals surface area (Å²) in [5, 5.41) is 16.9. The Hall–Kier alpha value is -1.41. The molecule has 68 valence electrons. The van der Waals surface area contributed by atoms with E-state index in [9.17, 15) is 8.78 Å². The molecule has 0 bridgehead atoms. The number of hydrogen-bond donors (Lipinski definition) is 1. The monoisotopic (exact) mass is 204 g/mol. The number of halogens is 3. The van der Waals surface area contributed by atoms with Gasteiger partial charge in [0.15, 0.2) is 11.4 Å². The number of aromatic nitrogens is 1. The van der Waals surface area contributed by atoms with Gasteiger partial charge in [-0.3, -0.25) is 0 Å². The van der Waals surface area contributed by atoms with Crippen molar-refractivity contribution in [2.75, 3.05) is 0 Å². The van der Waals surface area contributed by atoms with E-state index in [4.69, 9.17) is 22.0 Å². The van der Waals surface area contributed by atoms with Crippen LogP contribution in [0.3, 0.4) is 0 Å². The van der Waals surface area contributed by atoms with Gasteiger partial charge in [-0.1, -0.05) is 11.6 Å². The highest BCUT2D eigenvalue weighted by Gasteiger charge is 2.18. The largest absolute Gasteiger partial charge is 0.504 e. The molecule has 0 aliphatic heterocycles. The normalized spacial score (nSPS) is 10.1. The van der Waals surface area contributed by atoms with Crippen LogP contribution in [-0.2, 0) is 0 Å². The first-order valence-electron chi connectivity index (χ1n) is 3.13. The third kappa shape index (κ3) is 1.68. The highest BCUT2D eigenvalue weighted by Crippen LogP contribution is 2.34. The quantitative estimate of drug-likeness (QED) is 0.763. The SMILES string of the molecule is N#Cc1ncc(C(F)F)c(Cl)c1O. The van der Waals surface area contributed by atoms with Gasteiger partial charge in [-0.15, -0.1) is 0 Å². The van der Waals surface area contributed by atoms with Gasteiger partial charge >= 0.3 is 0 Å². The van der Waals surface area contributed by atoms with Crippen LogP contribution in [0.15, 0.2) is 6.20 Å². The van der Waals surface area contributed by atoms with Crippen LogP contribution in [-0.4, -0.2) is 10.1 Å². The summed E-state index contributed by atoms with van der Waals surface area (Å²) < 4.78 is 24.3. The van der Waals surface area contributed by atoms with E-state index >= 15 is 0 Å². The zero-order valence-electron chi connectivity index (χ0n) is 6.13. The predicted octanol–water partition coefficient (Wildman–Crippen LogP) is 2.25. The van der Waals surface area contributed by atoms with E-state index in [1.54, 1.807) is 0 Å². The fraction of sp³-hybridized carbons (Fsp3) is 0.143. The predicted molar refractivity (Wildman–Crippen MR) is 40.6 cm³/mol. The standard InChI is InChI=1S/C7H3ClF2N2O/c8-5-3(7(9)10)2-12-4(1-11)6(5)13/h2,7,13H. The van der Waals surface area contributed by atoms with Crippen molar-refractivity contribution in [2.24, 2.45) is 0 Å². The van der Waals surface area contributed by atoms with E-state index in [-0.39, 0.29) is 5.69 Å². The third-order valence-corrected chi connectivity index (χ3v) is 1.76. The molecule has 1 aromatic heterocycles. The van der Waals surface area contributed by atoms with Crippen LogP contribution in [0.25, 0.3) is 0 Å². The van der Waals surface area contributed by atoms with Crippen LogP contribution in [0.2, 0.25) is 5.02 Å². The van der Waals surface area contributed by atoms with Gasteiger partial charge in [0.25, 0.3) is 6.43 Å². The highest BCUT2D eigenvalue weighted by atomic mass is 35.5. The van der Waals surface area contributed by atoms with Crippen molar-refractivity contribution in [1.29, 1.82) is 5.26 Å². The third-order valence-electron chi connectivity index (χ3n) is 1.36. The molecule has 0 radical (unpaired) electrons. The van der Waals surface area contributed by atoms with Gasteiger partial charge in [0, 0.05) is 6.20 Å². The summed E-state index contributed by atoms with van der Waals surface area (Å²) in [5.74, 6) is -0.707. The van der Waals surface area contributed by atoms with Crippen LogP contribution in [0, 0.1) is 11.3 Å². The van der Waals surface area contributed by atoms with Crippen LogP contribution in [0.5, 0.6) is 5.75 Å². The average molecular weight is 205 g/mol. The fourth-order valence-corrected chi connectivity index (χ4v) is 0.947. The van der Waals surface area contributed by atoms with E-state index in [2.05, 4.69) is 4.98 Å². The Morgan fingerprint density at radius 1 is 1.62 bits per heavy atom. The number of pyridine rings is 1. The van der Waals surface area contributed by atoms with Gasteiger partial charge in [-0.05, 0) is 0 Å². The van der Waals surface area contributed by atoms with Crippen LogP contribution in [0.1, 0.15) is 17.7 Å². The Morgan fingerprint density at radius 2 is 2.23 bits per heavy atom. The molecule has 0 unspecified atom stereocenters. The molecule has 0 saturated carbocycles.